The van der Waals surface area contributed by atoms with E-state index in [0.717, 1.165) is 33.6 Å². The second kappa shape index (κ2) is 15.1. The molecule has 0 saturated heterocycles. The van der Waals surface area contributed by atoms with Crippen molar-refractivity contribution >= 4 is 35.7 Å². The van der Waals surface area contributed by atoms with Gasteiger partial charge >= 0.3 is 0 Å². The number of amidine groups is 2. The van der Waals surface area contributed by atoms with Crippen molar-refractivity contribution in [2.75, 3.05) is 14.1 Å². The molecule has 228 valence electrons. The molecular weight excluding hydrogens is 540 g/mol. The number of nitrogens with one attached hydrogen (secondary N) is 2. The van der Waals surface area contributed by atoms with Gasteiger partial charge in [0.15, 0.2) is 0 Å². The monoisotopic (exact) mass is 586 g/mol. The second-order valence-electron chi connectivity index (χ2n) is 11.6. The summed E-state index contributed by atoms with van der Waals surface area (Å²) < 4.78 is 0. The lowest BCUT2D eigenvalue weighted by Gasteiger charge is -2.23. The Bertz CT molecular complexity index is 1590. The molecule has 6 heteroatoms. The minimum Gasteiger partial charge on any atom is -0.326 e. The standard InChI is InChI=1S/2C19H23N3/c1-14-6-8-18(16(3)10-14)20-12-22(5)13-21-19-9-7-15(2)11-17(19)4;1-12-6-8-16(14(3)10-12)18(20)22(5)19(21)17-9-7-13(2)11-15(17)4/h6-13H,1-5H3;6-11,20-21H,1-5H3. The highest BCUT2D eigenvalue weighted by Gasteiger charge is 2.17. The average molecular weight is 587 g/mol. The van der Waals surface area contributed by atoms with Crippen molar-refractivity contribution in [2.45, 2.75) is 55.4 Å². The lowest BCUT2D eigenvalue weighted by molar-refractivity contribution is 0.739. The zero-order valence-corrected chi connectivity index (χ0v) is 27.9. The summed E-state index contributed by atoms with van der Waals surface area (Å²) in [4.78, 5) is 12.5. The number of aliphatic imine (C=N–C) groups is 2. The topological polar surface area (TPSA) is 78.9 Å². The lowest BCUT2D eigenvalue weighted by atomic mass is 10.0. The van der Waals surface area contributed by atoms with Crippen LogP contribution in [0.25, 0.3) is 0 Å². The van der Waals surface area contributed by atoms with Gasteiger partial charge in [0.05, 0.1) is 24.1 Å². The van der Waals surface area contributed by atoms with Crippen LogP contribution in [0.5, 0.6) is 0 Å². The highest BCUT2D eigenvalue weighted by atomic mass is 15.2. The largest absolute Gasteiger partial charge is 0.326 e. The van der Waals surface area contributed by atoms with Gasteiger partial charge in [0.2, 0.25) is 0 Å². The fourth-order valence-electron chi connectivity index (χ4n) is 4.87. The van der Waals surface area contributed by atoms with Gasteiger partial charge in [-0.1, -0.05) is 82.9 Å². The molecule has 0 amide bonds. The Balaban J connectivity index is 0.000000240. The van der Waals surface area contributed by atoms with E-state index in [9.17, 15) is 0 Å². The first kappa shape index (κ1) is 33.7. The number of benzene rings is 4. The molecule has 0 atom stereocenters. The second-order valence-corrected chi connectivity index (χ2v) is 11.6. The molecule has 0 bridgehead atoms. The smallest absolute Gasteiger partial charge is 0.133 e. The molecule has 0 saturated carbocycles. The van der Waals surface area contributed by atoms with Crippen molar-refractivity contribution in [3.8, 4) is 0 Å². The summed E-state index contributed by atoms with van der Waals surface area (Å²) in [5.74, 6) is 0.699. The summed E-state index contributed by atoms with van der Waals surface area (Å²) in [6.07, 6.45) is 3.56. The maximum Gasteiger partial charge on any atom is 0.133 e. The molecule has 0 aromatic heterocycles. The highest BCUT2D eigenvalue weighted by Crippen LogP contribution is 2.20. The number of hydrogen-bond acceptors (Lipinski definition) is 4. The molecule has 4 aromatic carbocycles. The van der Waals surface area contributed by atoms with Crippen LogP contribution in [0.2, 0.25) is 0 Å². The number of nitrogens with zero attached hydrogens (tertiary/aromatic N) is 4. The van der Waals surface area contributed by atoms with Crippen molar-refractivity contribution in [1.29, 1.82) is 10.8 Å². The molecule has 0 fully saturated rings. The molecule has 0 heterocycles. The summed E-state index contributed by atoms with van der Waals surface area (Å²) in [5.41, 5.74) is 13.0. The highest BCUT2D eigenvalue weighted by molar-refractivity contribution is 6.13. The molecule has 2 N–H and O–H groups in total. The molecule has 0 aliphatic heterocycles. The van der Waals surface area contributed by atoms with E-state index < -0.39 is 0 Å². The molecule has 0 unspecified atom stereocenters. The lowest BCUT2D eigenvalue weighted by Crippen LogP contribution is -2.34. The Kier molecular flexibility index (Phi) is 11.5. The van der Waals surface area contributed by atoms with E-state index in [1.54, 1.807) is 24.6 Å². The SMILES string of the molecule is Cc1ccc(C(=N)N(C)C(=N)c2ccc(C)cc2C)c(C)c1.Cc1ccc(N=CN(C)C=Nc2ccc(C)cc2C)c(C)c1. The van der Waals surface area contributed by atoms with Crippen molar-refractivity contribution in [2.24, 2.45) is 9.98 Å². The van der Waals surface area contributed by atoms with Crippen LogP contribution in [0.3, 0.4) is 0 Å². The number of aryl methyl sites for hydroxylation is 8. The quantitative estimate of drug-likeness (QED) is 0.175. The van der Waals surface area contributed by atoms with E-state index in [-0.39, 0.29) is 0 Å². The fourth-order valence-corrected chi connectivity index (χ4v) is 4.87. The average Bonchev–Trinajstić information content (AvgIpc) is 2.95. The summed E-state index contributed by atoms with van der Waals surface area (Å²) in [6, 6.07) is 24.6. The third-order valence-corrected chi connectivity index (χ3v) is 7.41. The van der Waals surface area contributed by atoms with Crippen molar-refractivity contribution < 1.29 is 0 Å². The Morgan fingerprint density at radius 3 is 1.14 bits per heavy atom. The first-order valence-electron chi connectivity index (χ1n) is 14.8. The molecule has 0 spiro atoms. The van der Waals surface area contributed by atoms with Crippen LogP contribution < -0.4 is 0 Å². The van der Waals surface area contributed by atoms with Crippen LogP contribution >= 0.6 is 0 Å². The van der Waals surface area contributed by atoms with Crippen molar-refractivity contribution in [3.63, 3.8) is 0 Å². The normalized spacial score (nSPS) is 11.0. The van der Waals surface area contributed by atoms with Crippen LogP contribution in [0.1, 0.15) is 55.6 Å². The van der Waals surface area contributed by atoms with E-state index in [0.29, 0.717) is 11.7 Å². The van der Waals surface area contributed by atoms with Crippen LogP contribution in [0.15, 0.2) is 82.8 Å². The van der Waals surface area contributed by atoms with Crippen molar-refractivity contribution in [1.82, 2.24) is 9.80 Å². The van der Waals surface area contributed by atoms with Gasteiger partial charge in [-0.15, -0.1) is 0 Å². The van der Waals surface area contributed by atoms with Gasteiger partial charge in [0, 0.05) is 25.2 Å². The van der Waals surface area contributed by atoms with Crippen LogP contribution in [-0.2, 0) is 0 Å². The predicted molar refractivity (Wildman–Crippen MR) is 189 cm³/mol. The Hall–Kier alpha value is -4.84. The minimum atomic E-state index is 0.350. The van der Waals surface area contributed by atoms with E-state index in [1.807, 2.05) is 76.0 Å². The molecule has 44 heavy (non-hydrogen) atoms. The maximum atomic E-state index is 8.42. The molecule has 4 aromatic rings. The van der Waals surface area contributed by atoms with E-state index >= 15 is 0 Å². The van der Waals surface area contributed by atoms with Gasteiger partial charge in [-0.2, -0.15) is 0 Å². The Labute approximate surface area is 263 Å². The van der Waals surface area contributed by atoms with E-state index in [1.165, 1.54) is 33.4 Å². The molecule has 6 nitrogen and oxygen atoms in total. The molecule has 0 aliphatic rings. The van der Waals surface area contributed by atoms with Crippen LogP contribution in [0.4, 0.5) is 11.4 Å². The molecule has 0 aliphatic carbocycles. The minimum absolute atomic E-state index is 0.350. The summed E-state index contributed by atoms with van der Waals surface area (Å²) in [6.45, 7) is 16.4. The van der Waals surface area contributed by atoms with Gasteiger partial charge in [-0.3, -0.25) is 10.8 Å². The number of hydrogen-bond donors (Lipinski definition) is 2. The fraction of sp³-hybridized carbons (Fsp3) is 0.263. The summed E-state index contributed by atoms with van der Waals surface area (Å²) in [5, 5.41) is 16.8. The van der Waals surface area contributed by atoms with Crippen LogP contribution in [0, 0.1) is 66.2 Å². The van der Waals surface area contributed by atoms with E-state index in [4.69, 9.17) is 10.8 Å². The molecule has 4 rings (SSSR count). The zero-order valence-electron chi connectivity index (χ0n) is 27.9. The predicted octanol–water partition coefficient (Wildman–Crippen LogP) is 9.07. The maximum absolute atomic E-state index is 8.42. The van der Waals surface area contributed by atoms with Crippen LogP contribution in [-0.4, -0.2) is 48.2 Å². The third-order valence-electron chi connectivity index (χ3n) is 7.41. The molecular formula is C38H46N6. The van der Waals surface area contributed by atoms with Gasteiger partial charge < -0.3 is 9.80 Å². The molecule has 0 radical (unpaired) electrons. The summed E-state index contributed by atoms with van der Waals surface area (Å²) in [7, 11) is 3.71. The number of rotatable bonds is 6. The van der Waals surface area contributed by atoms with Gasteiger partial charge in [-0.05, 0) is 89.8 Å². The Morgan fingerprint density at radius 2 is 0.818 bits per heavy atom. The third kappa shape index (κ3) is 9.08. The zero-order chi connectivity index (χ0) is 32.6. The van der Waals surface area contributed by atoms with Gasteiger partial charge in [-0.25, -0.2) is 9.98 Å². The first-order valence-corrected chi connectivity index (χ1v) is 14.8. The van der Waals surface area contributed by atoms with E-state index in [2.05, 4.69) is 74.1 Å². The van der Waals surface area contributed by atoms with Gasteiger partial charge in [0.25, 0.3) is 0 Å². The first-order chi connectivity index (χ1) is 20.8. The van der Waals surface area contributed by atoms with Crippen molar-refractivity contribution in [3.05, 3.63) is 128 Å². The Morgan fingerprint density at radius 1 is 0.500 bits per heavy atom. The summed E-state index contributed by atoms with van der Waals surface area (Å²) >= 11 is 0. The van der Waals surface area contributed by atoms with Gasteiger partial charge in [0.1, 0.15) is 11.7 Å².